The first-order valence-corrected chi connectivity index (χ1v) is 6.26. The molecule has 122 valence electrons. The summed E-state index contributed by atoms with van der Waals surface area (Å²) in [7, 11) is 0. The number of carboxylic acids is 2. The third-order valence-corrected chi connectivity index (χ3v) is 1.43. The summed E-state index contributed by atoms with van der Waals surface area (Å²) in [5.41, 5.74) is 0. The van der Waals surface area contributed by atoms with Crippen LogP contribution in [0.1, 0.15) is 26.7 Å². The van der Waals surface area contributed by atoms with Crippen molar-refractivity contribution >= 4 is 11.9 Å². The van der Waals surface area contributed by atoms with Crippen LogP contribution in [0, 0.1) is 0 Å². The van der Waals surface area contributed by atoms with Crippen molar-refractivity contribution in [1.29, 1.82) is 0 Å². The number of rotatable bonds is 9. The number of ether oxygens (including phenoxy) is 2. The number of aliphatic hydroxyl groups is 2. The van der Waals surface area contributed by atoms with Gasteiger partial charge in [0.2, 0.25) is 0 Å². The molecule has 4 N–H and O–H groups in total. The molecule has 0 radical (unpaired) electrons. The van der Waals surface area contributed by atoms with Gasteiger partial charge in [-0.2, -0.15) is 0 Å². The predicted molar refractivity (Wildman–Crippen MR) is 71.7 cm³/mol. The lowest BCUT2D eigenvalue weighted by Crippen LogP contribution is -2.03. The highest BCUT2D eigenvalue weighted by Crippen LogP contribution is 1.86. The largest absolute Gasteiger partial charge is 0.481 e. The Morgan fingerprint density at radius 3 is 1.30 bits per heavy atom. The molecule has 0 spiro atoms. The minimum atomic E-state index is -1.08. The number of aliphatic hydroxyl groups excluding tert-OH is 2. The Labute approximate surface area is 118 Å². The molecular weight excluding hydrogens is 272 g/mol. The van der Waals surface area contributed by atoms with Crippen LogP contribution in [0.25, 0.3) is 0 Å². The van der Waals surface area contributed by atoms with Crippen LogP contribution in [0.15, 0.2) is 0 Å². The van der Waals surface area contributed by atoms with Crippen LogP contribution in [0.5, 0.6) is 0 Å². The van der Waals surface area contributed by atoms with E-state index in [0.29, 0.717) is 13.2 Å². The van der Waals surface area contributed by atoms with Crippen molar-refractivity contribution in [3.05, 3.63) is 0 Å². The van der Waals surface area contributed by atoms with E-state index >= 15 is 0 Å². The zero-order valence-electron chi connectivity index (χ0n) is 12.1. The van der Waals surface area contributed by atoms with Gasteiger partial charge < -0.3 is 29.9 Å². The standard InChI is InChI=1S/C4H6O4.C4H10O3.C4H10O/c5-3(6)1-2-4(7)8;5-1-3-7-4-2-6;1-3-5-4-2/h1-2H2,(H,5,6)(H,7,8);5-6H,1-4H2;3-4H2,1-2H3. The van der Waals surface area contributed by atoms with E-state index in [1.807, 2.05) is 13.8 Å². The molecule has 0 atom stereocenters. The molecular formula is C12H26O8. The highest BCUT2D eigenvalue weighted by atomic mass is 16.5. The highest BCUT2D eigenvalue weighted by Gasteiger charge is 2.00. The van der Waals surface area contributed by atoms with Crippen molar-refractivity contribution in [1.82, 2.24) is 0 Å². The van der Waals surface area contributed by atoms with Crippen LogP contribution in [-0.4, -0.2) is 72.0 Å². The van der Waals surface area contributed by atoms with E-state index in [1.165, 1.54) is 0 Å². The van der Waals surface area contributed by atoms with Gasteiger partial charge in [-0.05, 0) is 13.8 Å². The molecule has 0 saturated heterocycles. The fourth-order valence-electron chi connectivity index (χ4n) is 0.649. The molecule has 0 aliphatic heterocycles. The average Bonchev–Trinajstić information content (AvgIpc) is 2.39. The minimum absolute atomic E-state index is 0.0278. The second-order valence-electron chi connectivity index (χ2n) is 3.13. The lowest BCUT2D eigenvalue weighted by Gasteiger charge is -1.94. The molecule has 0 amide bonds. The third kappa shape index (κ3) is 43.7. The zero-order valence-corrected chi connectivity index (χ0v) is 12.1. The Balaban J connectivity index is -0.000000223. The Morgan fingerprint density at radius 1 is 0.800 bits per heavy atom. The monoisotopic (exact) mass is 298 g/mol. The molecule has 0 heterocycles. The lowest BCUT2D eigenvalue weighted by molar-refractivity contribution is -0.143. The number of hydrogen-bond acceptors (Lipinski definition) is 6. The molecule has 0 unspecified atom stereocenters. The summed E-state index contributed by atoms with van der Waals surface area (Å²) in [6.45, 7) is 6.36. The first kappa shape index (κ1) is 23.8. The Morgan fingerprint density at radius 2 is 1.15 bits per heavy atom. The number of carboxylic acid groups (broad SMARTS) is 2. The Hall–Kier alpha value is -1.22. The molecule has 0 aromatic carbocycles. The van der Waals surface area contributed by atoms with E-state index in [9.17, 15) is 9.59 Å². The van der Waals surface area contributed by atoms with Crippen molar-refractivity contribution in [3.63, 3.8) is 0 Å². The van der Waals surface area contributed by atoms with E-state index in [0.717, 1.165) is 13.2 Å². The van der Waals surface area contributed by atoms with Gasteiger partial charge in [-0.1, -0.05) is 0 Å². The van der Waals surface area contributed by atoms with E-state index in [-0.39, 0.29) is 26.1 Å². The Bertz CT molecular complexity index is 188. The van der Waals surface area contributed by atoms with Gasteiger partial charge in [0.05, 0.1) is 39.3 Å². The van der Waals surface area contributed by atoms with Crippen LogP contribution < -0.4 is 0 Å². The molecule has 0 aromatic rings. The van der Waals surface area contributed by atoms with Gasteiger partial charge in [-0.3, -0.25) is 9.59 Å². The summed E-state index contributed by atoms with van der Waals surface area (Å²) in [4.78, 5) is 19.3. The van der Waals surface area contributed by atoms with Crippen molar-refractivity contribution < 1.29 is 39.5 Å². The van der Waals surface area contributed by atoms with Gasteiger partial charge >= 0.3 is 11.9 Å². The van der Waals surface area contributed by atoms with Crippen LogP contribution >= 0.6 is 0 Å². The first-order chi connectivity index (χ1) is 9.45. The van der Waals surface area contributed by atoms with Crippen LogP contribution in [-0.2, 0) is 19.1 Å². The fourth-order valence-corrected chi connectivity index (χ4v) is 0.649. The summed E-state index contributed by atoms with van der Waals surface area (Å²) in [6, 6.07) is 0. The molecule has 8 heteroatoms. The molecule has 0 bridgehead atoms. The summed E-state index contributed by atoms with van der Waals surface area (Å²) in [5, 5.41) is 32.0. The zero-order chi connectivity index (χ0) is 16.2. The summed E-state index contributed by atoms with van der Waals surface area (Å²) < 4.78 is 9.47. The molecule has 0 aromatic heterocycles. The molecule has 20 heavy (non-hydrogen) atoms. The second kappa shape index (κ2) is 22.9. The molecule has 0 rings (SSSR count). The van der Waals surface area contributed by atoms with Gasteiger partial charge in [-0.15, -0.1) is 0 Å². The maximum Gasteiger partial charge on any atom is 0.303 e. The van der Waals surface area contributed by atoms with Crippen molar-refractivity contribution in [2.75, 3.05) is 39.6 Å². The van der Waals surface area contributed by atoms with Gasteiger partial charge in [-0.25, -0.2) is 0 Å². The number of carbonyl (C=O) groups is 2. The topological polar surface area (TPSA) is 134 Å². The Kier molecular flexibility index (Phi) is 27.3. The number of hydrogen-bond donors (Lipinski definition) is 4. The van der Waals surface area contributed by atoms with E-state index in [4.69, 9.17) is 25.2 Å². The molecule has 0 aliphatic rings. The van der Waals surface area contributed by atoms with E-state index in [1.54, 1.807) is 0 Å². The maximum atomic E-state index is 9.64. The average molecular weight is 298 g/mol. The third-order valence-electron chi connectivity index (χ3n) is 1.43. The number of aliphatic carboxylic acids is 2. The normalized spacial score (nSPS) is 8.80. The van der Waals surface area contributed by atoms with Gasteiger partial charge in [0.25, 0.3) is 0 Å². The van der Waals surface area contributed by atoms with Crippen molar-refractivity contribution in [2.45, 2.75) is 26.7 Å². The maximum absolute atomic E-state index is 9.64. The van der Waals surface area contributed by atoms with Crippen molar-refractivity contribution in [3.8, 4) is 0 Å². The highest BCUT2D eigenvalue weighted by molar-refractivity contribution is 5.75. The smallest absolute Gasteiger partial charge is 0.303 e. The lowest BCUT2D eigenvalue weighted by atomic mass is 10.3. The predicted octanol–water partition coefficient (Wildman–Crippen LogP) is -0.0338. The summed E-state index contributed by atoms with van der Waals surface area (Å²) in [6.07, 6.45) is -0.593. The van der Waals surface area contributed by atoms with E-state index in [2.05, 4.69) is 4.74 Å². The van der Waals surface area contributed by atoms with Gasteiger partial charge in [0, 0.05) is 13.2 Å². The minimum Gasteiger partial charge on any atom is -0.481 e. The fraction of sp³-hybridized carbons (Fsp3) is 0.833. The molecule has 8 nitrogen and oxygen atoms in total. The molecule has 0 saturated carbocycles. The van der Waals surface area contributed by atoms with Crippen LogP contribution in [0.4, 0.5) is 0 Å². The van der Waals surface area contributed by atoms with Gasteiger partial charge in [0.1, 0.15) is 0 Å². The first-order valence-electron chi connectivity index (χ1n) is 6.26. The summed E-state index contributed by atoms with van der Waals surface area (Å²) in [5.74, 6) is -2.15. The van der Waals surface area contributed by atoms with Crippen molar-refractivity contribution in [2.24, 2.45) is 0 Å². The quantitative estimate of drug-likeness (QED) is 0.436. The second-order valence-corrected chi connectivity index (χ2v) is 3.13. The SMILES string of the molecule is CCOCC.O=C(O)CCC(=O)O.OCCOCCO. The van der Waals surface area contributed by atoms with Crippen LogP contribution in [0.2, 0.25) is 0 Å². The molecule has 0 fully saturated rings. The van der Waals surface area contributed by atoms with Gasteiger partial charge in [0.15, 0.2) is 0 Å². The summed E-state index contributed by atoms with van der Waals surface area (Å²) >= 11 is 0. The molecule has 0 aliphatic carbocycles. The van der Waals surface area contributed by atoms with Crippen LogP contribution in [0.3, 0.4) is 0 Å². The van der Waals surface area contributed by atoms with E-state index < -0.39 is 11.9 Å².